The summed E-state index contributed by atoms with van der Waals surface area (Å²) in [4.78, 5) is 5.57. The maximum Gasteiger partial charge on any atom is 0.409 e. The van der Waals surface area contributed by atoms with Crippen LogP contribution >= 0.6 is 0 Å². The van der Waals surface area contributed by atoms with Crippen LogP contribution in [-0.2, 0) is 0 Å². The standard InChI is InChI=1S/C15H23F3N4/c1-14(2,3)11-7-5-9-22(11)13(15(16,17)18)10-6-4-8-12(20-10)21-19/h4,6,8,11,13H,5,7,9,19H2,1-3H3,(H,20,21)/t11-,13+/m0/s1. The van der Waals surface area contributed by atoms with Crippen molar-refractivity contribution in [3.05, 3.63) is 23.9 Å². The van der Waals surface area contributed by atoms with Crippen LogP contribution in [0.15, 0.2) is 18.2 Å². The molecule has 2 rings (SSSR count). The molecule has 124 valence electrons. The van der Waals surface area contributed by atoms with Crippen molar-refractivity contribution >= 4 is 5.82 Å². The van der Waals surface area contributed by atoms with E-state index in [9.17, 15) is 13.2 Å². The first-order valence-electron chi connectivity index (χ1n) is 7.40. The summed E-state index contributed by atoms with van der Waals surface area (Å²) in [5, 5.41) is 0. The highest BCUT2D eigenvalue weighted by molar-refractivity contribution is 5.34. The number of likely N-dealkylation sites (tertiary alicyclic amines) is 1. The minimum atomic E-state index is -4.38. The molecule has 0 spiro atoms. The highest BCUT2D eigenvalue weighted by Gasteiger charge is 2.50. The molecule has 1 saturated heterocycles. The first-order valence-corrected chi connectivity index (χ1v) is 7.40. The van der Waals surface area contributed by atoms with Gasteiger partial charge in [0.25, 0.3) is 0 Å². The van der Waals surface area contributed by atoms with Crippen LogP contribution in [0.25, 0.3) is 0 Å². The minimum absolute atomic E-state index is 0.0147. The third-order valence-electron chi connectivity index (χ3n) is 4.13. The number of alkyl halides is 3. The Morgan fingerprint density at radius 2 is 2.00 bits per heavy atom. The topological polar surface area (TPSA) is 54.2 Å². The van der Waals surface area contributed by atoms with Gasteiger partial charge in [0.05, 0.1) is 5.69 Å². The summed E-state index contributed by atoms with van der Waals surface area (Å²) in [5.74, 6) is 5.51. The van der Waals surface area contributed by atoms with E-state index >= 15 is 0 Å². The Labute approximate surface area is 128 Å². The Bertz CT molecular complexity index is 510. The summed E-state index contributed by atoms with van der Waals surface area (Å²) in [7, 11) is 0. The molecule has 0 unspecified atom stereocenters. The molecule has 1 aliphatic heterocycles. The summed E-state index contributed by atoms with van der Waals surface area (Å²) in [6.07, 6.45) is -2.84. The molecule has 1 aliphatic rings. The number of aromatic nitrogens is 1. The van der Waals surface area contributed by atoms with E-state index in [0.29, 0.717) is 6.54 Å². The second kappa shape index (κ2) is 6.04. The molecule has 0 radical (unpaired) electrons. The van der Waals surface area contributed by atoms with Crippen LogP contribution < -0.4 is 11.3 Å². The molecular formula is C15H23F3N4. The lowest BCUT2D eigenvalue weighted by atomic mass is 9.84. The predicted octanol–water partition coefficient (Wildman–Crippen LogP) is 3.48. The number of hydrogen-bond donors (Lipinski definition) is 2. The zero-order chi connectivity index (χ0) is 16.5. The lowest BCUT2D eigenvalue weighted by Gasteiger charge is -2.40. The molecular weight excluding hydrogens is 293 g/mol. The van der Waals surface area contributed by atoms with Gasteiger partial charge in [0, 0.05) is 6.04 Å². The fraction of sp³-hybridized carbons (Fsp3) is 0.667. The molecule has 1 fully saturated rings. The number of hydrogen-bond acceptors (Lipinski definition) is 4. The number of anilines is 1. The van der Waals surface area contributed by atoms with Crippen molar-refractivity contribution in [2.45, 2.75) is 51.9 Å². The third kappa shape index (κ3) is 3.52. The minimum Gasteiger partial charge on any atom is -0.308 e. The van der Waals surface area contributed by atoms with Crippen LogP contribution in [0.1, 0.15) is 45.3 Å². The van der Waals surface area contributed by atoms with E-state index in [1.807, 2.05) is 20.8 Å². The van der Waals surface area contributed by atoms with Crippen molar-refractivity contribution in [1.82, 2.24) is 9.88 Å². The van der Waals surface area contributed by atoms with Gasteiger partial charge < -0.3 is 5.43 Å². The maximum atomic E-state index is 13.7. The number of nitrogens with one attached hydrogen (secondary N) is 1. The van der Waals surface area contributed by atoms with E-state index in [0.717, 1.165) is 12.8 Å². The molecule has 3 N–H and O–H groups in total. The van der Waals surface area contributed by atoms with Gasteiger partial charge in [-0.2, -0.15) is 13.2 Å². The third-order valence-corrected chi connectivity index (χ3v) is 4.13. The van der Waals surface area contributed by atoms with Crippen molar-refractivity contribution in [3.8, 4) is 0 Å². The van der Waals surface area contributed by atoms with Gasteiger partial charge in [-0.1, -0.05) is 26.8 Å². The van der Waals surface area contributed by atoms with Crippen LogP contribution in [0.3, 0.4) is 0 Å². The Hall–Kier alpha value is -1.34. The molecule has 0 saturated carbocycles. The fourth-order valence-corrected chi connectivity index (χ4v) is 3.24. The van der Waals surface area contributed by atoms with Crippen molar-refractivity contribution in [2.75, 3.05) is 12.0 Å². The van der Waals surface area contributed by atoms with Gasteiger partial charge in [0.2, 0.25) is 0 Å². The van der Waals surface area contributed by atoms with Crippen LogP contribution in [0.4, 0.5) is 19.0 Å². The van der Waals surface area contributed by atoms with Gasteiger partial charge in [0.15, 0.2) is 0 Å². The Kier molecular flexibility index (Phi) is 4.67. The monoisotopic (exact) mass is 316 g/mol. The molecule has 2 atom stereocenters. The van der Waals surface area contributed by atoms with Crippen LogP contribution in [-0.4, -0.2) is 28.6 Å². The lowest BCUT2D eigenvalue weighted by Crippen LogP contribution is -2.46. The Morgan fingerprint density at radius 3 is 2.55 bits per heavy atom. The van der Waals surface area contributed by atoms with Crippen LogP contribution in [0.5, 0.6) is 0 Å². The van der Waals surface area contributed by atoms with Gasteiger partial charge in [0.1, 0.15) is 11.9 Å². The molecule has 2 heterocycles. The smallest absolute Gasteiger partial charge is 0.308 e. The number of nitrogens with zero attached hydrogens (tertiary/aromatic N) is 2. The summed E-state index contributed by atoms with van der Waals surface area (Å²) in [6.45, 7) is 6.37. The summed E-state index contributed by atoms with van der Waals surface area (Å²) in [5.41, 5.74) is 2.08. The number of hydrazine groups is 1. The van der Waals surface area contributed by atoms with Gasteiger partial charge in [-0.25, -0.2) is 10.8 Å². The second-order valence-electron chi connectivity index (χ2n) is 6.80. The van der Waals surface area contributed by atoms with Crippen molar-refractivity contribution in [2.24, 2.45) is 11.3 Å². The first-order chi connectivity index (χ1) is 10.1. The molecule has 0 amide bonds. The van der Waals surface area contributed by atoms with Crippen molar-refractivity contribution < 1.29 is 13.2 Å². The van der Waals surface area contributed by atoms with E-state index in [1.54, 1.807) is 17.0 Å². The highest BCUT2D eigenvalue weighted by atomic mass is 19.4. The largest absolute Gasteiger partial charge is 0.409 e. The normalized spacial score (nSPS) is 21.9. The average Bonchev–Trinajstić information content (AvgIpc) is 2.86. The molecule has 0 aliphatic carbocycles. The van der Waals surface area contributed by atoms with E-state index in [4.69, 9.17) is 5.84 Å². The number of rotatable bonds is 3. The summed E-state index contributed by atoms with van der Waals surface area (Å²) < 4.78 is 41.2. The van der Waals surface area contributed by atoms with Gasteiger partial charge >= 0.3 is 6.18 Å². The van der Waals surface area contributed by atoms with Crippen molar-refractivity contribution in [1.29, 1.82) is 0 Å². The van der Waals surface area contributed by atoms with E-state index in [1.165, 1.54) is 6.07 Å². The second-order valence-corrected chi connectivity index (χ2v) is 6.80. The maximum absolute atomic E-state index is 13.7. The van der Waals surface area contributed by atoms with E-state index < -0.39 is 12.2 Å². The fourth-order valence-electron chi connectivity index (χ4n) is 3.24. The predicted molar refractivity (Wildman–Crippen MR) is 80.0 cm³/mol. The number of halogens is 3. The molecule has 22 heavy (non-hydrogen) atoms. The van der Waals surface area contributed by atoms with Gasteiger partial charge in [-0.15, -0.1) is 0 Å². The van der Waals surface area contributed by atoms with Crippen LogP contribution in [0.2, 0.25) is 0 Å². The molecule has 1 aromatic heterocycles. The molecule has 0 aromatic carbocycles. The van der Waals surface area contributed by atoms with E-state index in [-0.39, 0.29) is 23.0 Å². The number of nitrogen functional groups attached to an aromatic ring is 1. The van der Waals surface area contributed by atoms with Gasteiger partial charge in [-0.3, -0.25) is 4.90 Å². The molecule has 4 nitrogen and oxygen atoms in total. The average molecular weight is 316 g/mol. The first kappa shape index (κ1) is 17.0. The quantitative estimate of drug-likeness (QED) is 0.662. The lowest BCUT2D eigenvalue weighted by molar-refractivity contribution is -0.194. The number of nitrogens with two attached hydrogens (primary N) is 1. The van der Waals surface area contributed by atoms with Crippen LogP contribution in [0, 0.1) is 5.41 Å². The van der Waals surface area contributed by atoms with Gasteiger partial charge in [-0.05, 0) is 36.9 Å². The molecule has 0 bridgehead atoms. The summed E-state index contributed by atoms with van der Waals surface area (Å²) >= 11 is 0. The van der Waals surface area contributed by atoms with Crippen molar-refractivity contribution in [3.63, 3.8) is 0 Å². The zero-order valence-corrected chi connectivity index (χ0v) is 13.1. The zero-order valence-electron chi connectivity index (χ0n) is 13.1. The SMILES string of the molecule is CC(C)(C)[C@@H]1CCCN1[C@H](c1cccc(NN)n1)C(F)(F)F. The Morgan fingerprint density at radius 1 is 1.32 bits per heavy atom. The summed E-state index contributed by atoms with van der Waals surface area (Å²) in [6, 6.07) is 2.67. The highest BCUT2D eigenvalue weighted by Crippen LogP contribution is 2.44. The van der Waals surface area contributed by atoms with E-state index in [2.05, 4.69) is 10.4 Å². The Balaban J connectivity index is 2.42. The number of pyridine rings is 1. The molecule has 7 heteroatoms. The molecule has 1 aromatic rings.